The number of ether oxygens (including phenoxy) is 1. The van der Waals surface area contributed by atoms with Crippen LogP contribution in [-0.2, 0) is 31.7 Å². The molecule has 0 unspecified atom stereocenters. The van der Waals surface area contributed by atoms with Crippen molar-refractivity contribution < 1.29 is 28.4 Å². The first-order valence-electron chi connectivity index (χ1n) is 9.52. The molecule has 0 bridgehead atoms. The molecule has 0 aliphatic rings. The van der Waals surface area contributed by atoms with E-state index in [0.29, 0.717) is 4.90 Å². The van der Waals surface area contributed by atoms with E-state index in [0.717, 1.165) is 5.56 Å². The topological polar surface area (TPSA) is 148 Å². The Hall–Kier alpha value is -3.24. The molecule has 0 radical (unpaired) electrons. The number of aliphatic hydroxyl groups is 1. The smallest absolute Gasteiger partial charge is 0.408 e. The van der Waals surface area contributed by atoms with E-state index >= 15 is 0 Å². The number of amides is 3. The third-order valence-electron chi connectivity index (χ3n) is 4.26. The number of nitrogens with two attached hydrogens (primary N) is 1. The lowest BCUT2D eigenvalue weighted by Crippen LogP contribution is -2.54. The van der Waals surface area contributed by atoms with Crippen LogP contribution < -0.4 is 16.4 Å². The molecule has 0 saturated carbocycles. The lowest BCUT2D eigenvalue weighted by atomic mass is 10.2. The molecule has 5 N–H and O–H groups in total. The molecule has 0 aliphatic carbocycles. The quantitative estimate of drug-likeness (QED) is 0.393. The van der Waals surface area contributed by atoms with Gasteiger partial charge in [-0.2, -0.15) is 0 Å². The highest BCUT2D eigenvalue weighted by Gasteiger charge is 2.26. The van der Waals surface area contributed by atoms with Gasteiger partial charge in [-0.1, -0.05) is 48.5 Å². The molecule has 0 saturated heterocycles. The standard InChI is InChI=1S/C21H25N3O6S/c22-19(26)17(11-12-31(29)16-9-5-2-6-10-16)23-20(27)18(13-25)24-21(28)30-14-15-7-3-1-4-8-15/h1-10,17-18,25H,11-14H2,(H2,22,26)(H,23,27)(H,24,28)/t17-,18-,31-/m0/s1. The van der Waals surface area contributed by atoms with Crippen LogP contribution >= 0.6 is 0 Å². The minimum absolute atomic E-state index is 0.0123. The van der Waals surface area contributed by atoms with E-state index in [-0.39, 0.29) is 18.8 Å². The largest absolute Gasteiger partial charge is 0.445 e. The number of carbonyl (C=O) groups is 3. The number of carbonyl (C=O) groups excluding carboxylic acids is 3. The highest BCUT2D eigenvalue weighted by atomic mass is 32.2. The van der Waals surface area contributed by atoms with Crippen molar-refractivity contribution in [2.24, 2.45) is 5.73 Å². The molecule has 0 aromatic heterocycles. The SMILES string of the molecule is NC(=O)[C@H](CC[S@](=O)c1ccccc1)NC(=O)[C@H](CO)NC(=O)OCc1ccccc1. The molecule has 3 atom stereocenters. The van der Waals surface area contributed by atoms with Gasteiger partial charge in [0.25, 0.3) is 0 Å². The summed E-state index contributed by atoms with van der Waals surface area (Å²) in [4.78, 5) is 36.6. The lowest BCUT2D eigenvalue weighted by Gasteiger charge is -2.20. The molecule has 31 heavy (non-hydrogen) atoms. The van der Waals surface area contributed by atoms with Gasteiger partial charge in [0.05, 0.1) is 17.4 Å². The molecule has 9 nitrogen and oxygen atoms in total. The number of alkyl carbamates (subject to hydrolysis) is 1. The van der Waals surface area contributed by atoms with E-state index in [2.05, 4.69) is 10.6 Å². The molecule has 0 spiro atoms. The number of hydrogen-bond donors (Lipinski definition) is 4. The fraction of sp³-hybridized carbons (Fsp3) is 0.286. The van der Waals surface area contributed by atoms with Gasteiger partial charge in [-0.05, 0) is 24.1 Å². The van der Waals surface area contributed by atoms with Gasteiger partial charge < -0.3 is 26.2 Å². The van der Waals surface area contributed by atoms with Gasteiger partial charge in [-0.25, -0.2) is 4.79 Å². The zero-order chi connectivity index (χ0) is 22.6. The van der Waals surface area contributed by atoms with E-state index in [1.54, 1.807) is 54.6 Å². The highest BCUT2D eigenvalue weighted by molar-refractivity contribution is 7.85. The fourth-order valence-corrected chi connectivity index (χ4v) is 3.72. The van der Waals surface area contributed by atoms with Crippen LogP contribution in [0.25, 0.3) is 0 Å². The first-order chi connectivity index (χ1) is 14.9. The summed E-state index contributed by atoms with van der Waals surface area (Å²) in [6, 6.07) is 15.1. The second-order valence-electron chi connectivity index (χ2n) is 6.56. The Kier molecular flexibility index (Phi) is 9.66. The Labute approximate surface area is 182 Å². The third-order valence-corrected chi connectivity index (χ3v) is 5.67. The van der Waals surface area contributed by atoms with E-state index in [1.165, 1.54) is 0 Å². The monoisotopic (exact) mass is 447 g/mol. The zero-order valence-corrected chi connectivity index (χ0v) is 17.5. The van der Waals surface area contributed by atoms with Gasteiger partial charge in [0, 0.05) is 10.6 Å². The maximum atomic E-state index is 12.4. The summed E-state index contributed by atoms with van der Waals surface area (Å²) in [7, 11) is -1.38. The Balaban J connectivity index is 1.86. The molecule has 10 heteroatoms. The van der Waals surface area contributed by atoms with Crippen molar-refractivity contribution in [2.75, 3.05) is 12.4 Å². The van der Waals surface area contributed by atoms with E-state index < -0.39 is 47.4 Å². The third kappa shape index (κ3) is 8.19. The van der Waals surface area contributed by atoms with Crippen LogP contribution in [0.3, 0.4) is 0 Å². The van der Waals surface area contributed by atoms with E-state index in [1.807, 2.05) is 6.07 Å². The Morgan fingerprint density at radius 2 is 1.58 bits per heavy atom. The van der Waals surface area contributed by atoms with Crippen molar-refractivity contribution in [3.63, 3.8) is 0 Å². The van der Waals surface area contributed by atoms with Gasteiger partial charge in [-0.15, -0.1) is 0 Å². The molecule has 166 valence electrons. The van der Waals surface area contributed by atoms with Crippen molar-refractivity contribution in [1.29, 1.82) is 0 Å². The number of nitrogens with one attached hydrogen (secondary N) is 2. The Morgan fingerprint density at radius 3 is 2.16 bits per heavy atom. The van der Waals surface area contributed by atoms with E-state index in [4.69, 9.17) is 10.5 Å². The van der Waals surface area contributed by atoms with Gasteiger partial charge in [0.2, 0.25) is 11.8 Å². The van der Waals surface area contributed by atoms with Crippen LogP contribution in [0.15, 0.2) is 65.6 Å². The average Bonchev–Trinajstić information content (AvgIpc) is 2.79. The summed E-state index contributed by atoms with van der Waals surface area (Å²) in [6.45, 7) is -0.727. The molecular weight excluding hydrogens is 422 g/mol. The summed E-state index contributed by atoms with van der Waals surface area (Å²) in [5.74, 6) is -1.54. The van der Waals surface area contributed by atoms with Gasteiger partial charge in [-0.3, -0.25) is 13.8 Å². The fourth-order valence-electron chi connectivity index (χ4n) is 2.57. The molecule has 3 amide bonds. The molecule has 0 fully saturated rings. The molecular formula is C21H25N3O6S. The number of hydrogen-bond acceptors (Lipinski definition) is 6. The minimum Gasteiger partial charge on any atom is -0.445 e. The van der Waals surface area contributed by atoms with Gasteiger partial charge >= 0.3 is 6.09 Å². The van der Waals surface area contributed by atoms with Crippen LogP contribution in [0.5, 0.6) is 0 Å². The molecule has 2 aromatic carbocycles. The van der Waals surface area contributed by atoms with Crippen LogP contribution in [0.1, 0.15) is 12.0 Å². The van der Waals surface area contributed by atoms with Crippen LogP contribution in [0, 0.1) is 0 Å². The summed E-state index contributed by atoms with van der Waals surface area (Å²) < 4.78 is 17.3. The van der Waals surface area contributed by atoms with E-state index in [9.17, 15) is 23.7 Å². The lowest BCUT2D eigenvalue weighted by molar-refractivity contribution is -0.129. The maximum absolute atomic E-state index is 12.4. The first-order valence-corrected chi connectivity index (χ1v) is 10.8. The second kappa shape index (κ2) is 12.5. The van der Waals surface area contributed by atoms with Crippen molar-refractivity contribution >= 4 is 28.7 Å². The Morgan fingerprint density at radius 1 is 0.968 bits per heavy atom. The predicted molar refractivity (Wildman–Crippen MR) is 114 cm³/mol. The zero-order valence-electron chi connectivity index (χ0n) is 16.7. The second-order valence-corrected chi connectivity index (χ2v) is 8.13. The Bertz CT molecular complexity index is 895. The molecule has 0 heterocycles. The number of primary amides is 1. The summed E-state index contributed by atoms with van der Waals surface area (Å²) in [5.41, 5.74) is 6.09. The van der Waals surface area contributed by atoms with Crippen LogP contribution in [-0.4, -0.2) is 51.7 Å². The summed E-state index contributed by atoms with van der Waals surface area (Å²) >= 11 is 0. The van der Waals surface area contributed by atoms with Crippen molar-refractivity contribution in [2.45, 2.75) is 30.0 Å². The van der Waals surface area contributed by atoms with Crippen LogP contribution in [0.4, 0.5) is 4.79 Å². The van der Waals surface area contributed by atoms with Crippen LogP contribution in [0.2, 0.25) is 0 Å². The molecule has 0 aliphatic heterocycles. The summed E-state index contributed by atoms with van der Waals surface area (Å²) in [5, 5.41) is 14.1. The van der Waals surface area contributed by atoms with Crippen molar-refractivity contribution in [3.05, 3.63) is 66.2 Å². The average molecular weight is 448 g/mol. The predicted octanol–water partition coefficient (Wildman–Crippen LogP) is 0.442. The number of aliphatic hydroxyl groups excluding tert-OH is 1. The first kappa shape index (κ1) is 24.0. The number of rotatable bonds is 11. The number of benzene rings is 2. The maximum Gasteiger partial charge on any atom is 0.408 e. The highest BCUT2D eigenvalue weighted by Crippen LogP contribution is 2.08. The van der Waals surface area contributed by atoms with Gasteiger partial charge in [0.1, 0.15) is 18.7 Å². The summed E-state index contributed by atoms with van der Waals surface area (Å²) in [6.07, 6.45) is -0.877. The molecule has 2 aromatic rings. The minimum atomic E-state index is -1.38. The van der Waals surface area contributed by atoms with Crippen molar-refractivity contribution in [3.8, 4) is 0 Å². The molecule has 2 rings (SSSR count). The van der Waals surface area contributed by atoms with Crippen molar-refractivity contribution in [1.82, 2.24) is 10.6 Å². The normalized spacial score (nSPS) is 13.5. The van der Waals surface area contributed by atoms with Gasteiger partial charge in [0.15, 0.2) is 0 Å².